The molecule has 5 nitrogen and oxygen atoms in total. The molecule has 2 atom stereocenters. The Labute approximate surface area is 114 Å². The molecule has 1 aromatic heterocycles. The summed E-state index contributed by atoms with van der Waals surface area (Å²) in [6, 6.07) is 0.384. The number of aromatic nitrogens is 2. The van der Waals surface area contributed by atoms with Crippen LogP contribution in [0.2, 0.25) is 0 Å². The Bertz CT molecular complexity index is 466. The summed E-state index contributed by atoms with van der Waals surface area (Å²) >= 11 is 0. The minimum atomic E-state index is -0.0114. The minimum absolute atomic E-state index is 0.0114. The molecule has 2 rings (SSSR count). The second-order valence-electron chi connectivity index (χ2n) is 5.56. The Morgan fingerprint density at radius 1 is 1.53 bits per heavy atom. The molecule has 0 spiro atoms. The van der Waals surface area contributed by atoms with E-state index < -0.39 is 0 Å². The maximum atomic E-state index is 12.3. The van der Waals surface area contributed by atoms with Gasteiger partial charge in [-0.2, -0.15) is 5.10 Å². The number of hydrogen-bond donors (Lipinski definition) is 2. The fourth-order valence-electron chi connectivity index (χ4n) is 2.78. The van der Waals surface area contributed by atoms with Crippen molar-refractivity contribution in [1.29, 1.82) is 0 Å². The van der Waals surface area contributed by atoms with Gasteiger partial charge in [0.1, 0.15) is 0 Å². The number of hydrogen-bond acceptors (Lipinski definition) is 3. The molecule has 0 saturated carbocycles. The highest BCUT2D eigenvalue weighted by atomic mass is 16.1. The molecule has 1 fully saturated rings. The summed E-state index contributed by atoms with van der Waals surface area (Å²) in [7, 11) is 1.86. The van der Waals surface area contributed by atoms with Crippen LogP contribution >= 0.6 is 0 Å². The number of carbonyl (C=O) groups excluding carboxylic acids is 1. The second-order valence-corrected chi connectivity index (χ2v) is 5.56. The van der Waals surface area contributed by atoms with Crippen LogP contribution in [-0.2, 0) is 7.05 Å². The Kier molecular flexibility index (Phi) is 4.24. The minimum Gasteiger partial charge on any atom is -0.350 e. The topological polar surface area (TPSA) is 59.0 Å². The summed E-state index contributed by atoms with van der Waals surface area (Å²) in [5, 5.41) is 10.8. The summed E-state index contributed by atoms with van der Waals surface area (Å²) in [4.78, 5) is 12.3. The number of carbonyl (C=O) groups is 1. The summed E-state index contributed by atoms with van der Waals surface area (Å²) in [6.07, 6.45) is 2.46. The monoisotopic (exact) mass is 264 g/mol. The van der Waals surface area contributed by atoms with Crippen LogP contribution in [0, 0.1) is 19.8 Å². The van der Waals surface area contributed by atoms with Gasteiger partial charge in [-0.3, -0.25) is 9.48 Å². The molecule has 2 heterocycles. The van der Waals surface area contributed by atoms with Gasteiger partial charge in [0, 0.05) is 25.3 Å². The second kappa shape index (κ2) is 5.74. The third-order valence-corrected chi connectivity index (χ3v) is 4.15. The van der Waals surface area contributed by atoms with Crippen LogP contribution in [-0.4, -0.2) is 34.8 Å². The van der Waals surface area contributed by atoms with Gasteiger partial charge >= 0.3 is 0 Å². The molecule has 5 heteroatoms. The highest BCUT2D eigenvalue weighted by Gasteiger charge is 2.23. The molecule has 0 aromatic carbocycles. The number of nitrogens with one attached hydrogen (secondary N) is 2. The smallest absolute Gasteiger partial charge is 0.255 e. The van der Waals surface area contributed by atoms with Crippen LogP contribution in [0.1, 0.15) is 41.5 Å². The van der Waals surface area contributed by atoms with E-state index in [1.165, 1.54) is 12.8 Å². The molecule has 2 N–H and O–H groups in total. The lowest BCUT2D eigenvalue weighted by Gasteiger charge is -2.30. The van der Waals surface area contributed by atoms with Gasteiger partial charge in [0.2, 0.25) is 0 Å². The normalized spacial score (nSPS) is 23.4. The predicted octanol–water partition coefficient (Wildman–Crippen LogP) is 1.15. The molecular weight excluding hydrogens is 240 g/mol. The zero-order valence-corrected chi connectivity index (χ0v) is 12.3. The van der Waals surface area contributed by atoms with Gasteiger partial charge < -0.3 is 10.6 Å². The van der Waals surface area contributed by atoms with Crippen LogP contribution < -0.4 is 10.6 Å². The van der Waals surface area contributed by atoms with E-state index in [-0.39, 0.29) is 5.91 Å². The van der Waals surface area contributed by atoms with Crippen molar-refractivity contribution in [2.24, 2.45) is 13.0 Å². The van der Waals surface area contributed by atoms with E-state index in [1.807, 2.05) is 20.9 Å². The summed E-state index contributed by atoms with van der Waals surface area (Å²) in [6.45, 7) is 7.78. The first-order chi connectivity index (χ1) is 9.00. The van der Waals surface area contributed by atoms with Crippen molar-refractivity contribution in [3.8, 4) is 0 Å². The molecule has 106 valence electrons. The number of nitrogens with zero attached hydrogens (tertiary/aromatic N) is 2. The van der Waals surface area contributed by atoms with Gasteiger partial charge in [-0.05, 0) is 39.2 Å². The largest absolute Gasteiger partial charge is 0.350 e. The molecule has 1 aromatic rings. The van der Waals surface area contributed by atoms with E-state index in [4.69, 9.17) is 0 Å². The average molecular weight is 264 g/mol. The molecule has 0 radical (unpaired) electrons. The van der Waals surface area contributed by atoms with Crippen molar-refractivity contribution >= 4 is 5.91 Å². The van der Waals surface area contributed by atoms with Crippen LogP contribution in [0.4, 0.5) is 0 Å². The lowest BCUT2D eigenvalue weighted by molar-refractivity contribution is 0.0942. The third-order valence-electron chi connectivity index (χ3n) is 4.15. The maximum absolute atomic E-state index is 12.3. The van der Waals surface area contributed by atoms with Gasteiger partial charge in [0.05, 0.1) is 11.3 Å². The van der Waals surface area contributed by atoms with Gasteiger partial charge in [-0.15, -0.1) is 0 Å². The van der Waals surface area contributed by atoms with E-state index in [1.54, 1.807) is 4.68 Å². The van der Waals surface area contributed by atoms with Crippen molar-refractivity contribution in [2.45, 2.75) is 39.7 Å². The highest BCUT2D eigenvalue weighted by molar-refractivity contribution is 5.96. The van der Waals surface area contributed by atoms with Crippen molar-refractivity contribution in [1.82, 2.24) is 20.4 Å². The number of aryl methyl sites for hydroxylation is 2. The molecule has 0 bridgehead atoms. The predicted molar refractivity (Wildman–Crippen MR) is 75.2 cm³/mol. The first-order valence-electron chi connectivity index (χ1n) is 7.02. The van der Waals surface area contributed by atoms with E-state index in [0.717, 1.165) is 17.9 Å². The summed E-state index contributed by atoms with van der Waals surface area (Å²) in [5.41, 5.74) is 2.42. The SMILES string of the molecule is Cc1nn(C)c(C)c1C(=O)NCC1NCCCC1C. The molecule has 0 aliphatic carbocycles. The van der Waals surface area contributed by atoms with Crippen LogP contribution in [0.15, 0.2) is 0 Å². The zero-order valence-electron chi connectivity index (χ0n) is 12.3. The molecule has 2 unspecified atom stereocenters. The average Bonchev–Trinajstić information content (AvgIpc) is 2.62. The third kappa shape index (κ3) is 2.97. The standard InChI is InChI=1S/C14H24N4O/c1-9-6-5-7-15-12(9)8-16-14(19)13-10(2)17-18(4)11(13)3/h9,12,15H,5-8H2,1-4H3,(H,16,19). The molecule has 1 aliphatic heterocycles. The molecule has 1 saturated heterocycles. The van der Waals surface area contributed by atoms with Crippen molar-refractivity contribution in [3.63, 3.8) is 0 Å². The zero-order chi connectivity index (χ0) is 14.0. The van der Waals surface area contributed by atoms with Gasteiger partial charge in [0.15, 0.2) is 0 Å². The van der Waals surface area contributed by atoms with E-state index in [9.17, 15) is 4.79 Å². The van der Waals surface area contributed by atoms with Crippen LogP contribution in [0.5, 0.6) is 0 Å². The number of amides is 1. The number of rotatable bonds is 3. The quantitative estimate of drug-likeness (QED) is 0.861. The fourth-order valence-corrected chi connectivity index (χ4v) is 2.78. The van der Waals surface area contributed by atoms with Gasteiger partial charge in [-0.25, -0.2) is 0 Å². The number of piperidine rings is 1. The summed E-state index contributed by atoms with van der Waals surface area (Å²) < 4.78 is 1.76. The Morgan fingerprint density at radius 2 is 2.26 bits per heavy atom. The summed E-state index contributed by atoms with van der Waals surface area (Å²) in [5.74, 6) is 0.604. The Balaban J connectivity index is 1.97. The first-order valence-corrected chi connectivity index (χ1v) is 7.02. The van der Waals surface area contributed by atoms with Gasteiger partial charge in [0.25, 0.3) is 5.91 Å². The van der Waals surface area contributed by atoms with Gasteiger partial charge in [-0.1, -0.05) is 6.92 Å². The first kappa shape index (κ1) is 14.1. The van der Waals surface area contributed by atoms with Crippen molar-refractivity contribution in [3.05, 3.63) is 17.0 Å². The molecule has 1 amide bonds. The van der Waals surface area contributed by atoms with E-state index >= 15 is 0 Å². The Morgan fingerprint density at radius 3 is 2.84 bits per heavy atom. The van der Waals surface area contributed by atoms with E-state index in [2.05, 4.69) is 22.7 Å². The lowest BCUT2D eigenvalue weighted by Crippen LogP contribution is -2.47. The van der Waals surface area contributed by atoms with Crippen LogP contribution in [0.25, 0.3) is 0 Å². The lowest BCUT2D eigenvalue weighted by atomic mass is 9.93. The molecule has 19 heavy (non-hydrogen) atoms. The van der Waals surface area contributed by atoms with Crippen LogP contribution in [0.3, 0.4) is 0 Å². The Hall–Kier alpha value is -1.36. The fraction of sp³-hybridized carbons (Fsp3) is 0.714. The molecular formula is C14H24N4O. The van der Waals surface area contributed by atoms with Crippen molar-refractivity contribution < 1.29 is 4.79 Å². The molecule has 1 aliphatic rings. The maximum Gasteiger partial charge on any atom is 0.255 e. The van der Waals surface area contributed by atoms with E-state index in [0.29, 0.717) is 24.1 Å². The highest BCUT2D eigenvalue weighted by Crippen LogP contribution is 2.15. The van der Waals surface area contributed by atoms with Crippen molar-refractivity contribution in [2.75, 3.05) is 13.1 Å².